The van der Waals surface area contributed by atoms with Gasteiger partial charge in [0.1, 0.15) is 11.3 Å². The molecule has 3 saturated heterocycles. The minimum Gasteiger partial charge on any atom is -0.381 e. The van der Waals surface area contributed by atoms with Crippen LogP contribution in [0, 0.1) is 0 Å². The third-order valence-corrected chi connectivity index (χ3v) is 11.3. The van der Waals surface area contributed by atoms with E-state index in [2.05, 4.69) is 45.1 Å². The van der Waals surface area contributed by atoms with E-state index in [1.54, 1.807) is 47.7 Å². The Morgan fingerprint density at radius 1 is 0.600 bits per heavy atom. The number of piperidine rings is 2. The van der Waals surface area contributed by atoms with Crippen molar-refractivity contribution in [3.63, 3.8) is 0 Å². The Kier molecular flexibility index (Phi) is 13.0. The summed E-state index contributed by atoms with van der Waals surface area (Å²) in [6, 6.07) is 15.3. The number of pyridine rings is 2. The van der Waals surface area contributed by atoms with E-state index in [0.29, 0.717) is 28.4 Å². The Bertz CT molecular complexity index is 2700. The van der Waals surface area contributed by atoms with E-state index in [1.165, 1.54) is 64.5 Å². The Balaban J connectivity index is 0.000000133. The van der Waals surface area contributed by atoms with Crippen LogP contribution in [-0.4, -0.2) is 98.5 Å². The summed E-state index contributed by atoms with van der Waals surface area (Å²) < 4.78 is 20.3. The Labute approximate surface area is 350 Å². The van der Waals surface area contributed by atoms with Gasteiger partial charge in [0.25, 0.3) is 0 Å². The second-order valence-electron chi connectivity index (χ2n) is 14.6. The number of anilines is 3. The van der Waals surface area contributed by atoms with E-state index in [-0.39, 0.29) is 0 Å². The van der Waals surface area contributed by atoms with Crippen molar-refractivity contribution in [2.75, 3.05) is 62.0 Å². The van der Waals surface area contributed by atoms with Gasteiger partial charge in [-0.25, -0.2) is 39.9 Å². The molecule has 8 aromatic heterocycles. The van der Waals surface area contributed by atoms with Crippen molar-refractivity contribution in [3.05, 3.63) is 85.7 Å². The van der Waals surface area contributed by atoms with Crippen LogP contribution in [0.25, 0.3) is 55.6 Å². The quantitative estimate of drug-likeness (QED) is 0.171. The second kappa shape index (κ2) is 19.3. The average Bonchev–Trinajstić information content (AvgIpc) is 4.07. The molecule has 11 rings (SSSR count). The highest BCUT2D eigenvalue weighted by atomic mass is 32.2. The molecular weight excluding hydrogens is 777 g/mol. The summed E-state index contributed by atoms with van der Waals surface area (Å²) in [5.74, 6) is 1.56. The summed E-state index contributed by atoms with van der Waals surface area (Å²) in [7, 11) is -1.25. The molecule has 3 fully saturated rings. The van der Waals surface area contributed by atoms with Crippen molar-refractivity contribution < 1.29 is 8.95 Å². The molecule has 0 amide bonds. The number of nitrogens with two attached hydrogens (primary N) is 2. The number of fused-ring (bicyclic) bond motifs is 6. The second-order valence-corrected chi connectivity index (χ2v) is 15.9. The van der Waals surface area contributed by atoms with E-state index >= 15 is 0 Å². The molecule has 5 N–H and O–H groups in total. The maximum Gasteiger partial charge on any atom is 0.225 e. The molecule has 0 radical (unpaired) electrons. The standard InChI is InChI=1S/C19H19N7.C15H12N6OS.C5H11N.C4H8O/c20-18-22-10-7-15-16(13-5-4-8-21-17(13)26(15)18)14-6-9-23-19(24-14)25-11-2-1-3-12-25;1-23(22)15-19-7-4-10(20-15)12-9-3-2-6-17-13(9)21-11(12)5-8-18-14(21)16;1-2-4-6-5-3-1;1-2-4-5-3-1/h4-10H,1-3,11-12H2,(H2,20,22);2-8H,1H3,(H2,16,18);6H,1-5H2;1-4H2. The van der Waals surface area contributed by atoms with Gasteiger partial charge in [-0.3, -0.25) is 13.0 Å². The molecule has 16 nitrogen and oxygen atoms in total. The van der Waals surface area contributed by atoms with E-state index in [4.69, 9.17) is 21.2 Å². The van der Waals surface area contributed by atoms with E-state index < -0.39 is 10.8 Å². The molecule has 17 heteroatoms. The summed E-state index contributed by atoms with van der Waals surface area (Å²) in [6.45, 7) is 6.53. The van der Waals surface area contributed by atoms with Crippen LogP contribution in [0.3, 0.4) is 0 Å². The fraction of sp³-hybridized carbons (Fsp3) is 0.349. The van der Waals surface area contributed by atoms with Gasteiger partial charge in [0.2, 0.25) is 23.0 Å². The number of nitrogens with one attached hydrogen (secondary N) is 1. The van der Waals surface area contributed by atoms with Gasteiger partial charge in [-0.05, 0) is 107 Å². The van der Waals surface area contributed by atoms with Gasteiger partial charge >= 0.3 is 0 Å². The molecule has 0 spiro atoms. The number of rotatable bonds is 4. The fourth-order valence-electron chi connectivity index (χ4n) is 7.73. The lowest BCUT2D eigenvalue weighted by Crippen LogP contribution is -2.30. The molecule has 0 aliphatic carbocycles. The summed E-state index contributed by atoms with van der Waals surface area (Å²) >= 11 is 0. The molecule has 1 unspecified atom stereocenters. The van der Waals surface area contributed by atoms with Crippen LogP contribution in [0.1, 0.15) is 51.4 Å². The average molecular weight is 827 g/mol. The Morgan fingerprint density at radius 3 is 1.63 bits per heavy atom. The van der Waals surface area contributed by atoms with Gasteiger partial charge in [-0.15, -0.1) is 0 Å². The molecule has 0 aromatic carbocycles. The minimum atomic E-state index is -1.25. The smallest absolute Gasteiger partial charge is 0.225 e. The van der Waals surface area contributed by atoms with Crippen molar-refractivity contribution in [1.82, 2.24) is 54.0 Å². The Hall–Kier alpha value is -6.17. The van der Waals surface area contributed by atoms with Crippen LogP contribution in [0.15, 0.2) is 90.9 Å². The third kappa shape index (κ3) is 8.88. The zero-order valence-electron chi connectivity index (χ0n) is 33.8. The molecule has 0 bridgehead atoms. The van der Waals surface area contributed by atoms with Crippen LogP contribution >= 0.6 is 0 Å². The maximum absolute atomic E-state index is 11.7. The largest absolute Gasteiger partial charge is 0.381 e. The van der Waals surface area contributed by atoms with Gasteiger partial charge in [-0.1, -0.05) is 6.42 Å². The highest BCUT2D eigenvalue weighted by Gasteiger charge is 2.21. The van der Waals surface area contributed by atoms with Crippen LogP contribution in [0.4, 0.5) is 17.8 Å². The first-order valence-corrected chi connectivity index (χ1v) is 22.1. The molecule has 0 saturated carbocycles. The topological polar surface area (TPSA) is 206 Å². The zero-order chi connectivity index (χ0) is 41.3. The normalized spacial score (nSPS) is 15.8. The fourth-order valence-corrected chi connectivity index (χ4v) is 8.17. The van der Waals surface area contributed by atoms with Crippen LogP contribution < -0.4 is 21.7 Å². The highest BCUT2D eigenvalue weighted by Crippen LogP contribution is 2.36. The predicted octanol–water partition coefficient (Wildman–Crippen LogP) is 6.13. The SMILES string of the molecule is C1CCNCC1.C1CCOC1.CS(=O)c1nccc(-c2c3cccnc3n3c(N)nccc23)n1.Nc1nccc2c(-c3ccnc(N4CCCCC4)n3)c3cccnc3n12. The molecule has 3 aliphatic rings. The lowest BCUT2D eigenvalue weighted by Gasteiger charge is -2.26. The van der Waals surface area contributed by atoms with Crippen LogP contribution in [0.5, 0.6) is 0 Å². The van der Waals surface area contributed by atoms with Crippen molar-refractivity contribution in [1.29, 1.82) is 0 Å². The van der Waals surface area contributed by atoms with E-state index in [9.17, 15) is 4.21 Å². The first-order chi connectivity index (χ1) is 29.5. The summed E-state index contributed by atoms with van der Waals surface area (Å²) in [5.41, 5.74) is 18.9. The number of nitrogens with zero attached hydrogens (tertiary/aromatic N) is 11. The molecule has 60 heavy (non-hydrogen) atoms. The lowest BCUT2D eigenvalue weighted by atomic mass is 10.1. The zero-order valence-corrected chi connectivity index (χ0v) is 34.6. The van der Waals surface area contributed by atoms with E-state index in [0.717, 1.165) is 76.5 Å². The van der Waals surface area contributed by atoms with Gasteiger partial charge in [0.15, 0.2) is 0 Å². The van der Waals surface area contributed by atoms with E-state index in [1.807, 2.05) is 53.1 Å². The highest BCUT2D eigenvalue weighted by molar-refractivity contribution is 7.84. The number of ether oxygens (including phenoxy) is 1. The summed E-state index contributed by atoms with van der Waals surface area (Å²) in [5, 5.41) is 5.49. The van der Waals surface area contributed by atoms with Crippen LogP contribution in [-0.2, 0) is 15.5 Å². The summed E-state index contributed by atoms with van der Waals surface area (Å²) in [6.07, 6.45) is 22.3. The molecular formula is C43H50N14O2S. The summed E-state index contributed by atoms with van der Waals surface area (Å²) in [4.78, 5) is 37.4. The predicted molar refractivity (Wildman–Crippen MR) is 237 cm³/mol. The minimum absolute atomic E-state index is 0.293. The lowest BCUT2D eigenvalue weighted by molar-refractivity contribution is 0.198. The Morgan fingerprint density at radius 2 is 1.13 bits per heavy atom. The molecule has 310 valence electrons. The van der Waals surface area contributed by atoms with Crippen molar-refractivity contribution in [3.8, 4) is 22.5 Å². The maximum atomic E-state index is 11.7. The first-order valence-electron chi connectivity index (χ1n) is 20.5. The molecule has 1 atom stereocenters. The molecule has 3 aliphatic heterocycles. The number of hydrogen-bond donors (Lipinski definition) is 3. The van der Waals surface area contributed by atoms with Crippen molar-refractivity contribution in [2.24, 2.45) is 0 Å². The number of hydrogen-bond acceptors (Lipinski definition) is 14. The number of nitrogen functional groups attached to an aromatic ring is 2. The first kappa shape index (κ1) is 40.6. The van der Waals surface area contributed by atoms with Crippen LogP contribution in [0.2, 0.25) is 0 Å². The van der Waals surface area contributed by atoms with Gasteiger partial charge in [0.05, 0.1) is 33.2 Å². The molecule has 8 aromatic rings. The molecule has 11 heterocycles. The van der Waals surface area contributed by atoms with Crippen molar-refractivity contribution in [2.45, 2.75) is 56.5 Å². The van der Waals surface area contributed by atoms with Crippen molar-refractivity contribution >= 4 is 61.7 Å². The van der Waals surface area contributed by atoms with Gasteiger partial charge in [-0.2, -0.15) is 0 Å². The third-order valence-electron chi connectivity index (χ3n) is 10.6. The van der Waals surface area contributed by atoms with Gasteiger partial charge in [0, 0.05) is 91.6 Å². The van der Waals surface area contributed by atoms with Gasteiger partial charge < -0.3 is 26.4 Å². The number of aromatic nitrogens is 10. The monoisotopic (exact) mass is 826 g/mol.